The van der Waals surface area contributed by atoms with Crippen molar-refractivity contribution in [2.45, 2.75) is 44.6 Å². The minimum absolute atomic E-state index is 0.159. The van der Waals surface area contributed by atoms with Gasteiger partial charge in [-0.1, -0.05) is 19.0 Å². The third kappa shape index (κ3) is 4.39. The normalized spacial score (nSPS) is 14.4. The molecule has 0 aromatic heterocycles. The zero-order valence-electron chi connectivity index (χ0n) is 11.1. The number of amides is 1. The molecular formula is C10H15F6N3O2. The zero-order chi connectivity index (χ0) is 17.1. The zero-order valence-corrected chi connectivity index (χ0v) is 11.1. The van der Waals surface area contributed by atoms with Crippen LogP contribution < -0.4 is 11.1 Å². The third-order valence-corrected chi connectivity index (χ3v) is 3.08. The summed E-state index contributed by atoms with van der Waals surface area (Å²) < 4.78 is 74.6. The van der Waals surface area contributed by atoms with Crippen molar-refractivity contribution in [3.05, 3.63) is 0 Å². The second-order valence-electron chi connectivity index (χ2n) is 4.28. The molecule has 21 heavy (non-hydrogen) atoms. The van der Waals surface area contributed by atoms with E-state index in [-0.39, 0.29) is 12.8 Å². The van der Waals surface area contributed by atoms with Crippen LogP contribution in [0.2, 0.25) is 0 Å². The lowest BCUT2D eigenvalue weighted by Crippen LogP contribution is -2.61. The van der Waals surface area contributed by atoms with Gasteiger partial charge in [-0.15, -0.1) is 0 Å². The molecule has 0 rings (SSSR count). The molecule has 1 amide bonds. The van der Waals surface area contributed by atoms with Gasteiger partial charge in [0.25, 0.3) is 0 Å². The standard InChI is InChI=1S/C10H15F6N3O2/c1-3-8(4-2,7(17)19-21)18-6(20)5(9(11,12)13)10(14,15)16/h5,21H,3-4H2,1-2H3,(H2,17,19)(H,18,20). The van der Waals surface area contributed by atoms with E-state index < -0.39 is 35.6 Å². The highest BCUT2D eigenvalue weighted by molar-refractivity contribution is 5.94. The first kappa shape index (κ1) is 19.3. The van der Waals surface area contributed by atoms with Crippen molar-refractivity contribution < 1.29 is 36.3 Å². The van der Waals surface area contributed by atoms with Gasteiger partial charge in [-0.25, -0.2) is 0 Å². The first-order valence-electron chi connectivity index (χ1n) is 5.79. The number of halogens is 6. The molecule has 0 bridgehead atoms. The summed E-state index contributed by atoms with van der Waals surface area (Å²) in [6.45, 7) is 2.72. The lowest BCUT2D eigenvalue weighted by atomic mass is 9.90. The van der Waals surface area contributed by atoms with E-state index in [0.717, 1.165) is 0 Å². The Balaban J connectivity index is 5.59. The van der Waals surface area contributed by atoms with Crippen molar-refractivity contribution in [3.8, 4) is 0 Å². The van der Waals surface area contributed by atoms with E-state index in [2.05, 4.69) is 5.16 Å². The van der Waals surface area contributed by atoms with E-state index in [4.69, 9.17) is 10.9 Å². The van der Waals surface area contributed by atoms with Crippen molar-refractivity contribution in [3.63, 3.8) is 0 Å². The van der Waals surface area contributed by atoms with Gasteiger partial charge in [-0.05, 0) is 12.8 Å². The molecule has 0 saturated heterocycles. The molecule has 4 N–H and O–H groups in total. The number of nitrogens with one attached hydrogen (secondary N) is 1. The van der Waals surface area contributed by atoms with Crippen molar-refractivity contribution in [1.82, 2.24) is 5.32 Å². The van der Waals surface area contributed by atoms with E-state index in [1.165, 1.54) is 13.8 Å². The van der Waals surface area contributed by atoms with Crippen LogP contribution in [-0.2, 0) is 4.79 Å². The van der Waals surface area contributed by atoms with Gasteiger partial charge in [0.15, 0.2) is 5.84 Å². The Hall–Kier alpha value is -1.68. The summed E-state index contributed by atoms with van der Waals surface area (Å²) >= 11 is 0. The second-order valence-corrected chi connectivity index (χ2v) is 4.28. The molecule has 0 aliphatic heterocycles. The van der Waals surface area contributed by atoms with Gasteiger partial charge in [0.05, 0.1) is 0 Å². The molecule has 11 heteroatoms. The van der Waals surface area contributed by atoms with Gasteiger partial charge in [0.1, 0.15) is 5.54 Å². The van der Waals surface area contributed by atoms with Crippen molar-refractivity contribution >= 4 is 11.7 Å². The number of nitrogens with zero attached hydrogens (tertiary/aromatic N) is 1. The van der Waals surface area contributed by atoms with Gasteiger partial charge < -0.3 is 16.3 Å². The molecule has 0 aromatic carbocycles. The summed E-state index contributed by atoms with van der Waals surface area (Å²) in [5, 5.41) is 12.7. The van der Waals surface area contributed by atoms with Crippen LogP contribution in [0, 0.1) is 5.92 Å². The highest BCUT2D eigenvalue weighted by atomic mass is 19.4. The first-order valence-corrected chi connectivity index (χ1v) is 5.79. The Morgan fingerprint density at radius 1 is 1.14 bits per heavy atom. The Morgan fingerprint density at radius 2 is 1.52 bits per heavy atom. The molecular weight excluding hydrogens is 308 g/mol. The molecule has 0 radical (unpaired) electrons. The summed E-state index contributed by atoms with van der Waals surface area (Å²) in [6.07, 6.45) is -11.9. The fraction of sp³-hybridized carbons (Fsp3) is 0.800. The summed E-state index contributed by atoms with van der Waals surface area (Å²) in [4.78, 5) is 11.4. The average Bonchev–Trinajstić information content (AvgIpc) is 2.31. The minimum atomic E-state index is -5.80. The lowest BCUT2D eigenvalue weighted by Gasteiger charge is -2.33. The molecule has 0 saturated carbocycles. The number of amidine groups is 1. The highest BCUT2D eigenvalue weighted by Crippen LogP contribution is 2.39. The fourth-order valence-corrected chi connectivity index (χ4v) is 1.74. The monoisotopic (exact) mass is 323 g/mol. The van der Waals surface area contributed by atoms with E-state index >= 15 is 0 Å². The smallest absolute Gasteiger partial charge is 0.409 e. The summed E-state index contributed by atoms with van der Waals surface area (Å²) in [7, 11) is 0. The second kappa shape index (κ2) is 6.39. The van der Waals surface area contributed by atoms with Crippen molar-refractivity contribution in [2.75, 3.05) is 0 Å². The van der Waals surface area contributed by atoms with Crippen LogP contribution in [0.4, 0.5) is 26.3 Å². The van der Waals surface area contributed by atoms with E-state index in [1.54, 1.807) is 5.32 Å². The summed E-state index contributed by atoms with van der Waals surface area (Å²) in [5.74, 6) is -7.16. The van der Waals surface area contributed by atoms with Crippen molar-refractivity contribution in [2.24, 2.45) is 16.8 Å². The lowest BCUT2D eigenvalue weighted by molar-refractivity contribution is -0.274. The number of hydrogen-bond acceptors (Lipinski definition) is 3. The number of oxime groups is 1. The SMILES string of the molecule is CCC(CC)(NC(=O)C(C(F)(F)F)C(F)(F)F)C(N)=NO. The molecule has 124 valence electrons. The Labute approximate surface area is 116 Å². The fourth-order valence-electron chi connectivity index (χ4n) is 1.74. The quantitative estimate of drug-likeness (QED) is 0.238. The number of rotatable bonds is 5. The molecule has 0 aliphatic carbocycles. The summed E-state index contributed by atoms with van der Waals surface area (Å²) in [6, 6.07) is 0. The molecule has 0 unspecified atom stereocenters. The molecule has 0 spiro atoms. The Kier molecular flexibility index (Phi) is 5.88. The molecule has 0 aliphatic rings. The molecule has 0 aromatic rings. The minimum Gasteiger partial charge on any atom is -0.409 e. The summed E-state index contributed by atoms with van der Waals surface area (Å²) in [5.41, 5.74) is 3.47. The number of alkyl halides is 6. The van der Waals surface area contributed by atoms with Gasteiger partial charge in [-0.2, -0.15) is 26.3 Å². The molecule has 0 heterocycles. The van der Waals surface area contributed by atoms with Crippen molar-refractivity contribution in [1.29, 1.82) is 0 Å². The Morgan fingerprint density at radius 3 is 1.76 bits per heavy atom. The van der Waals surface area contributed by atoms with Crippen LogP contribution in [0.1, 0.15) is 26.7 Å². The maximum absolute atomic E-state index is 12.4. The molecule has 0 atom stereocenters. The van der Waals surface area contributed by atoms with Gasteiger partial charge in [-0.3, -0.25) is 4.79 Å². The average molecular weight is 323 g/mol. The van der Waals surface area contributed by atoms with Crippen LogP contribution in [0.3, 0.4) is 0 Å². The maximum Gasteiger partial charge on any atom is 0.409 e. The largest absolute Gasteiger partial charge is 0.409 e. The number of carbonyl (C=O) groups excluding carboxylic acids is 1. The molecule has 0 fully saturated rings. The van der Waals surface area contributed by atoms with Crippen LogP contribution in [0.15, 0.2) is 5.16 Å². The highest BCUT2D eigenvalue weighted by Gasteiger charge is 2.61. The topological polar surface area (TPSA) is 87.7 Å². The van der Waals surface area contributed by atoms with Crippen LogP contribution in [0.25, 0.3) is 0 Å². The predicted octanol–water partition coefficient (Wildman–Crippen LogP) is 2.15. The van der Waals surface area contributed by atoms with Gasteiger partial charge in [0, 0.05) is 0 Å². The first-order chi connectivity index (χ1) is 9.35. The number of nitrogens with two attached hydrogens (primary N) is 1. The van der Waals surface area contributed by atoms with E-state index in [0.29, 0.717) is 0 Å². The van der Waals surface area contributed by atoms with Crippen LogP contribution in [-0.4, -0.2) is 34.8 Å². The molecule has 5 nitrogen and oxygen atoms in total. The van der Waals surface area contributed by atoms with Gasteiger partial charge in [0.2, 0.25) is 11.8 Å². The number of carbonyl (C=O) groups is 1. The van der Waals surface area contributed by atoms with E-state index in [9.17, 15) is 31.1 Å². The third-order valence-electron chi connectivity index (χ3n) is 3.08. The maximum atomic E-state index is 12.4. The van der Waals surface area contributed by atoms with E-state index in [1.807, 2.05) is 0 Å². The Bertz CT molecular complexity index is 387. The number of hydrogen-bond donors (Lipinski definition) is 3. The predicted molar refractivity (Wildman–Crippen MR) is 60.5 cm³/mol. The van der Waals surface area contributed by atoms with Crippen LogP contribution >= 0.6 is 0 Å². The van der Waals surface area contributed by atoms with Gasteiger partial charge >= 0.3 is 12.4 Å². The van der Waals surface area contributed by atoms with Crippen LogP contribution in [0.5, 0.6) is 0 Å².